The van der Waals surface area contributed by atoms with E-state index in [2.05, 4.69) is 5.32 Å². The van der Waals surface area contributed by atoms with Gasteiger partial charge < -0.3 is 10.2 Å². The van der Waals surface area contributed by atoms with E-state index in [1.54, 1.807) is 24.1 Å². The van der Waals surface area contributed by atoms with Gasteiger partial charge in [-0.15, -0.1) is 0 Å². The number of halogens is 1. The molecule has 116 valence electrons. The number of amides is 1. The maximum Gasteiger partial charge on any atom is 0.254 e. The molecule has 0 heterocycles. The molecule has 0 saturated carbocycles. The zero-order chi connectivity index (χ0) is 15.9. The number of carbonyl (C=O) groups excluding carboxylic acids is 1. The third-order valence-corrected chi connectivity index (χ3v) is 3.57. The molecule has 22 heavy (non-hydrogen) atoms. The lowest BCUT2D eigenvalue weighted by Crippen LogP contribution is -2.27. The van der Waals surface area contributed by atoms with Crippen molar-refractivity contribution in [3.8, 4) is 0 Å². The number of benzene rings is 2. The number of rotatable bonds is 6. The number of carbonyl (C=O) groups is 1. The summed E-state index contributed by atoms with van der Waals surface area (Å²) in [6.45, 7) is 1.28. The van der Waals surface area contributed by atoms with Gasteiger partial charge in [-0.3, -0.25) is 4.79 Å². The first kappa shape index (κ1) is 16.2. The average molecular weight is 300 g/mol. The molecule has 2 aromatic carbocycles. The van der Waals surface area contributed by atoms with Crippen molar-refractivity contribution < 1.29 is 9.18 Å². The van der Waals surface area contributed by atoms with Gasteiger partial charge in [0.25, 0.3) is 5.91 Å². The smallest absolute Gasteiger partial charge is 0.254 e. The lowest BCUT2D eigenvalue weighted by molar-refractivity contribution is 0.0784. The van der Waals surface area contributed by atoms with Crippen molar-refractivity contribution >= 4 is 5.91 Å². The molecule has 0 aromatic heterocycles. The zero-order valence-corrected chi connectivity index (χ0v) is 13.0. The van der Waals surface area contributed by atoms with Crippen LogP contribution >= 0.6 is 0 Å². The van der Waals surface area contributed by atoms with Crippen molar-refractivity contribution in [1.82, 2.24) is 10.2 Å². The molecular weight excluding hydrogens is 279 g/mol. The van der Waals surface area contributed by atoms with Gasteiger partial charge in [-0.25, -0.2) is 4.39 Å². The normalized spacial score (nSPS) is 10.5. The summed E-state index contributed by atoms with van der Waals surface area (Å²) in [7, 11) is 3.66. The molecule has 0 saturated heterocycles. The third-order valence-electron chi connectivity index (χ3n) is 3.57. The van der Waals surface area contributed by atoms with Gasteiger partial charge in [-0.1, -0.05) is 30.3 Å². The first-order chi connectivity index (χ1) is 10.6. The van der Waals surface area contributed by atoms with E-state index in [0.717, 1.165) is 29.7 Å². The van der Waals surface area contributed by atoms with E-state index in [4.69, 9.17) is 0 Å². The van der Waals surface area contributed by atoms with E-state index in [1.165, 1.54) is 12.1 Å². The van der Waals surface area contributed by atoms with E-state index < -0.39 is 0 Å². The van der Waals surface area contributed by atoms with Crippen LogP contribution in [0.2, 0.25) is 0 Å². The van der Waals surface area contributed by atoms with Crippen molar-refractivity contribution in [3.63, 3.8) is 0 Å². The standard InChI is InChI=1S/C18H21FN2O/c1-20-12-11-15-5-3-4-6-17(15)18(22)21(2)13-14-7-9-16(19)10-8-14/h3-10,20H,11-13H2,1-2H3. The molecule has 0 radical (unpaired) electrons. The van der Waals surface area contributed by atoms with Gasteiger partial charge in [0.2, 0.25) is 0 Å². The molecule has 0 atom stereocenters. The Hall–Kier alpha value is -2.20. The molecular formula is C18H21FN2O. The predicted octanol–water partition coefficient (Wildman–Crippen LogP) is 2.86. The van der Waals surface area contributed by atoms with Crippen molar-refractivity contribution in [2.45, 2.75) is 13.0 Å². The summed E-state index contributed by atoms with van der Waals surface area (Å²) >= 11 is 0. The Balaban J connectivity index is 2.11. The summed E-state index contributed by atoms with van der Waals surface area (Å²) in [5.41, 5.74) is 2.67. The second-order valence-corrected chi connectivity index (χ2v) is 5.30. The summed E-state index contributed by atoms with van der Waals surface area (Å²) < 4.78 is 12.9. The van der Waals surface area contributed by atoms with Crippen LogP contribution in [0.4, 0.5) is 4.39 Å². The molecule has 0 spiro atoms. The molecule has 0 bridgehead atoms. The molecule has 0 aliphatic carbocycles. The molecule has 3 nitrogen and oxygen atoms in total. The minimum atomic E-state index is -0.268. The van der Waals surface area contributed by atoms with Crippen LogP contribution in [0.25, 0.3) is 0 Å². The van der Waals surface area contributed by atoms with E-state index in [-0.39, 0.29) is 11.7 Å². The van der Waals surface area contributed by atoms with E-state index in [0.29, 0.717) is 6.54 Å². The average Bonchev–Trinajstić information content (AvgIpc) is 2.54. The van der Waals surface area contributed by atoms with Crippen molar-refractivity contribution in [2.24, 2.45) is 0 Å². The van der Waals surface area contributed by atoms with Crippen LogP contribution in [0, 0.1) is 5.82 Å². The second-order valence-electron chi connectivity index (χ2n) is 5.30. The van der Waals surface area contributed by atoms with Crippen LogP contribution < -0.4 is 5.32 Å². The van der Waals surface area contributed by atoms with Crippen LogP contribution in [-0.4, -0.2) is 31.4 Å². The Labute approximate surface area is 130 Å². The highest BCUT2D eigenvalue weighted by molar-refractivity contribution is 5.95. The maximum atomic E-state index is 12.9. The van der Waals surface area contributed by atoms with Crippen LogP contribution in [-0.2, 0) is 13.0 Å². The van der Waals surface area contributed by atoms with Crippen LogP contribution in [0.3, 0.4) is 0 Å². The van der Waals surface area contributed by atoms with Gasteiger partial charge in [0.05, 0.1) is 0 Å². The molecule has 0 aliphatic rings. The second kappa shape index (κ2) is 7.71. The Morgan fingerprint density at radius 3 is 2.50 bits per heavy atom. The Morgan fingerprint density at radius 2 is 1.82 bits per heavy atom. The first-order valence-electron chi connectivity index (χ1n) is 7.34. The summed E-state index contributed by atoms with van der Waals surface area (Å²) in [6.07, 6.45) is 0.808. The molecule has 4 heteroatoms. The van der Waals surface area contributed by atoms with E-state index in [9.17, 15) is 9.18 Å². The Kier molecular flexibility index (Phi) is 5.67. The van der Waals surface area contributed by atoms with Gasteiger partial charge in [-0.2, -0.15) is 0 Å². The molecule has 0 fully saturated rings. The quantitative estimate of drug-likeness (QED) is 0.889. The lowest BCUT2D eigenvalue weighted by atomic mass is 10.0. The molecule has 0 aliphatic heterocycles. The van der Waals surface area contributed by atoms with Crippen molar-refractivity contribution in [1.29, 1.82) is 0 Å². The maximum absolute atomic E-state index is 12.9. The zero-order valence-electron chi connectivity index (χ0n) is 13.0. The van der Waals surface area contributed by atoms with Gasteiger partial charge >= 0.3 is 0 Å². The van der Waals surface area contributed by atoms with Gasteiger partial charge in [0.15, 0.2) is 0 Å². The van der Waals surface area contributed by atoms with Crippen LogP contribution in [0.15, 0.2) is 48.5 Å². The minimum Gasteiger partial charge on any atom is -0.337 e. The van der Waals surface area contributed by atoms with E-state index >= 15 is 0 Å². The predicted molar refractivity (Wildman–Crippen MR) is 86.3 cm³/mol. The van der Waals surface area contributed by atoms with E-state index in [1.807, 2.05) is 31.3 Å². The van der Waals surface area contributed by atoms with Crippen molar-refractivity contribution in [2.75, 3.05) is 20.6 Å². The summed E-state index contributed by atoms with van der Waals surface area (Å²) in [5.74, 6) is -0.286. The molecule has 1 N–H and O–H groups in total. The van der Waals surface area contributed by atoms with Gasteiger partial charge in [0, 0.05) is 19.2 Å². The van der Waals surface area contributed by atoms with Crippen LogP contribution in [0.5, 0.6) is 0 Å². The molecule has 0 unspecified atom stereocenters. The monoisotopic (exact) mass is 300 g/mol. The molecule has 2 rings (SSSR count). The number of nitrogens with one attached hydrogen (secondary N) is 1. The number of likely N-dealkylation sites (N-methyl/N-ethyl adjacent to an activating group) is 1. The SMILES string of the molecule is CNCCc1ccccc1C(=O)N(C)Cc1ccc(F)cc1. The largest absolute Gasteiger partial charge is 0.337 e. The first-order valence-corrected chi connectivity index (χ1v) is 7.34. The number of hydrogen-bond donors (Lipinski definition) is 1. The summed E-state index contributed by atoms with van der Waals surface area (Å²) in [6, 6.07) is 13.9. The highest BCUT2D eigenvalue weighted by Crippen LogP contribution is 2.14. The summed E-state index contributed by atoms with van der Waals surface area (Å²) in [4.78, 5) is 14.3. The van der Waals surface area contributed by atoms with Crippen LogP contribution in [0.1, 0.15) is 21.5 Å². The fourth-order valence-electron chi connectivity index (χ4n) is 2.35. The fraction of sp³-hybridized carbons (Fsp3) is 0.278. The van der Waals surface area contributed by atoms with Gasteiger partial charge in [0.1, 0.15) is 5.82 Å². The molecule has 2 aromatic rings. The lowest BCUT2D eigenvalue weighted by Gasteiger charge is -2.19. The highest BCUT2D eigenvalue weighted by atomic mass is 19.1. The Morgan fingerprint density at radius 1 is 1.14 bits per heavy atom. The van der Waals surface area contributed by atoms with Crippen molar-refractivity contribution in [3.05, 3.63) is 71.0 Å². The minimum absolute atomic E-state index is 0.0176. The number of nitrogens with zero attached hydrogens (tertiary/aromatic N) is 1. The number of hydrogen-bond acceptors (Lipinski definition) is 2. The molecule has 1 amide bonds. The van der Waals surface area contributed by atoms with Gasteiger partial charge in [-0.05, 0) is 49.3 Å². The fourth-order valence-corrected chi connectivity index (χ4v) is 2.35. The topological polar surface area (TPSA) is 32.3 Å². The highest BCUT2D eigenvalue weighted by Gasteiger charge is 2.15. The third kappa shape index (κ3) is 4.15. The summed E-state index contributed by atoms with van der Waals surface area (Å²) in [5, 5.41) is 3.10. The Bertz CT molecular complexity index is 625.